The number of hydrogen-bond acceptors (Lipinski definition) is 3. The van der Waals surface area contributed by atoms with Gasteiger partial charge in [-0.25, -0.2) is 13.9 Å². The largest absolute Gasteiger partial charge is 0.348 e. The first kappa shape index (κ1) is 16.6. The van der Waals surface area contributed by atoms with E-state index in [-0.39, 0.29) is 23.5 Å². The molecule has 2 aromatic heterocycles. The second-order valence-corrected chi connectivity index (χ2v) is 6.92. The van der Waals surface area contributed by atoms with Crippen LogP contribution in [0.3, 0.4) is 0 Å². The summed E-state index contributed by atoms with van der Waals surface area (Å²) in [7, 11) is 0. The van der Waals surface area contributed by atoms with Gasteiger partial charge in [0.15, 0.2) is 5.65 Å². The molecule has 5 nitrogen and oxygen atoms in total. The molecular weight excluding hydrogens is 355 g/mol. The molecule has 1 N–H and O–H groups in total. The summed E-state index contributed by atoms with van der Waals surface area (Å²) < 4.78 is 16.1. The summed E-state index contributed by atoms with van der Waals surface area (Å²) in [5, 5.41) is 7.57. The second-order valence-electron chi connectivity index (χ2n) is 6.92. The summed E-state index contributed by atoms with van der Waals surface area (Å²) in [6.45, 7) is 0. The Hall–Kier alpha value is -3.54. The third-order valence-electron chi connectivity index (χ3n) is 4.79. The van der Waals surface area contributed by atoms with Crippen LogP contribution < -0.4 is 5.32 Å². The summed E-state index contributed by atoms with van der Waals surface area (Å²) in [6.07, 6.45) is 1.97. The molecule has 0 atom stereocenters. The highest BCUT2D eigenvalue weighted by Gasteiger charge is 2.25. The van der Waals surface area contributed by atoms with Crippen LogP contribution in [0.1, 0.15) is 23.3 Å². The SMILES string of the molecule is O=C(NC1CC1)c1cc(-c2ccccc2F)n2nc(-c3ccccc3)cc2n1. The van der Waals surface area contributed by atoms with Crippen molar-refractivity contribution in [2.75, 3.05) is 0 Å². The van der Waals surface area contributed by atoms with Gasteiger partial charge in [-0.1, -0.05) is 42.5 Å². The van der Waals surface area contributed by atoms with Crippen LogP contribution in [-0.2, 0) is 0 Å². The molecule has 1 amide bonds. The van der Waals surface area contributed by atoms with E-state index in [9.17, 15) is 9.18 Å². The van der Waals surface area contributed by atoms with E-state index in [4.69, 9.17) is 0 Å². The first-order valence-corrected chi connectivity index (χ1v) is 9.21. The van der Waals surface area contributed by atoms with E-state index >= 15 is 0 Å². The number of carbonyl (C=O) groups is 1. The van der Waals surface area contributed by atoms with Crippen LogP contribution >= 0.6 is 0 Å². The lowest BCUT2D eigenvalue weighted by atomic mass is 10.1. The molecule has 1 aliphatic carbocycles. The number of benzene rings is 2. The Labute approximate surface area is 160 Å². The molecule has 4 aromatic rings. The van der Waals surface area contributed by atoms with E-state index < -0.39 is 0 Å². The fourth-order valence-electron chi connectivity index (χ4n) is 3.19. The molecule has 0 aliphatic heterocycles. The predicted octanol–water partition coefficient (Wildman–Crippen LogP) is 4.09. The van der Waals surface area contributed by atoms with Crippen LogP contribution in [0.15, 0.2) is 66.7 Å². The standard InChI is InChI=1S/C22H17FN4O/c23-17-9-5-4-8-16(17)20-12-19(22(28)24-15-10-11-15)25-21-13-18(26-27(20)21)14-6-2-1-3-7-14/h1-9,12-13,15H,10-11H2,(H,24,28). The summed E-state index contributed by atoms with van der Waals surface area (Å²) in [5.41, 5.74) is 3.27. The van der Waals surface area contributed by atoms with Crippen molar-refractivity contribution in [1.82, 2.24) is 19.9 Å². The number of fused-ring (bicyclic) bond motifs is 1. The monoisotopic (exact) mass is 372 g/mol. The molecule has 2 heterocycles. The molecular formula is C22H17FN4O. The van der Waals surface area contributed by atoms with E-state index in [1.165, 1.54) is 6.07 Å². The average Bonchev–Trinajstić information content (AvgIpc) is 3.42. The predicted molar refractivity (Wildman–Crippen MR) is 104 cm³/mol. The molecule has 0 unspecified atom stereocenters. The van der Waals surface area contributed by atoms with Crippen molar-refractivity contribution < 1.29 is 9.18 Å². The Morgan fingerprint density at radius 3 is 2.54 bits per heavy atom. The summed E-state index contributed by atoms with van der Waals surface area (Å²) in [5.74, 6) is -0.620. The van der Waals surface area contributed by atoms with Gasteiger partial charge in [0, 0.05) is 23.2 Å². The minimum absolute atomic E-state index is 0.215. The van der Waals surface area contributed by atoms with E-state index in [0.717, 1.165) is 18.4 Å². The fourth-order valence-corrected chi connectivity index (χ4v) is 3.19. The molecule has 5 rings (SSSR count). The number of rotatable bonds is 4. The first-order valence-electron chi connectivity index (χ1n) is 9.21. The Morgan fingerprint density at radius 1 is 1.04 bits per heavy atom. The molecule has 138 valence electrons. The lowest BCUT2D eigenvalue weighted by Crippen LogP contribution is -2.26. The summed E-state index contributed by atoms with van der Waals surface area (Å²) in [4.78, 5) is 17.1. The quantitative estimate of drug-likeness (QED) is 0.587. The molecule has 0 saturated heterocycles. The number of aromatic nitrogens is 3. The maximum Gasteiger partial charge on any atom is 0.270 e. The van der Waals surface area contributed by atoms with Crippen molar-refractivity contribution in [3.63, 3.8) is 0 Å². The fraction of sp³-hybridized carbons (Fsp3) is 0.136. The number of nitrogens with zero attached hydrogens (tertiary/aromatic N) is 3. The minimum Gasteiger partial charge on any atom is -0.348 e. The molecule has 1 saturated carbocycles. The van der Waals surface area contributed by atoms with Crippen LogP contribution in [0.25, 0.3) is 28.2 Å². The van der Waals surface area contributed by atoms with Crippen molar-refractivity contribution in [3.05, 3.63) is 78.2 Å². The number of amides is 1. The zero-order valence-corrected chi connectivity index (χ0v) is 15.0. The summed E-state index contributed by atoms with van der Waals surface area (Å²) in [6, 6.07) is 19.8. The molecule has 28 heavy (non-hydrogen) atoms. The van der Waals surface area contributed by atoms with Gasteiger partial charge in [0.25, 0.3) is 5.91 Å². The maximum atomic E-state index is 14.5. The lowest BCUT2D eigenvalue weighted by Gasteiger charge is -2.09. The van der Waals surface area contributed by atoms with Crippen LogP contribution in [-0.4, -0.2) is 26.5 Å². The number of hydrogen-bond donors (Lipinski definition) is 1. The van der Waals surface area contributed by atoms with Crippen LogP contribution in [0.2, 0.25) is 0 Å². The number of carbonyl (C=O) groups excluding carboxylic acids is 1. The van der Waals surface area contributed by atoms with E-state index in [1.807, 2.05) is 36.4 Å². The Balaban J connectivity index is 1.71. The van der Waals surface area contributed by atoms with Gasteiger partial charge in [-0.3, -0.25) is 4.79 Å². The van der Waals surface area contributed by atoms with Crippen molar-refractivity contribution >= 4 is 11.6 Å². The molecule has 0 bridgehead atoms. The molecule has 0 radical (unpaired) electrons. The van der Waals surface area contributed by atoms with Gasteiger partial charge in [-0.05, 0) is 31.0 Å². The molecule has 1 aliphatic rings. The summed E-state index contributed by atoms with van der Waals surface area (Å²) >= 11 is 0. The highest BCUT2D eigenvalue weighted by Crippen LogP contribution is 2.27. The zero-order valence-electron chi connectivity index (χ0n) is 15.0. The van der Waals surface area contributed by atoms with Crippen molar-refractivity contribution in [2.24, 2.45) is 0 Å². The second kappa shape index (κ2) is 6.56. The number of halogens is 1. The van der Waals surface area contributed by atoms with Crippen molar-refractivity contribution in [2.45, 2.75) is 18.9 Å². The minimum atomic E-state index is -0.375. The zero-order chi connectivity index (χ0) is 19.1. The number of nitrogens with one attached hydrogen (secondary N) is 1. The van der Waals surface area contributed by atoms with Gasteiger partial charge in [0.05, 0.1) is 11.4 Å². The Morgan fingerprint density at radius 2 is 1.79 bits per heavy atom. The highest BCUT2D eigenvalue weighted by atomic mass is 19.1. The van der Waals surface area contributed by atoms with E-state index in [2.05, 4.69) is 15.4 Å². The Bertz CT molecular complexity index is 1180. The highest BCUT2D eigenvalue weighted by molar-refractivity contribution is 5.94. The molecule has 6 heteroatoms. The van der Waals surface area contributed by atoms with Gasteiger partial charge in [0.1, 0.15) is 11.5 Å². The molecule has 0 spiro atoms. The van der Waals surface area contributed by atoms with Crippen LogP contribution in [0.4, 0.5) is 4.39 Å². The first-order chi connectivity index (χ1) is 13.7. The van der Waals surface area contributed by atoms with E-state index in [0.29, 0.717) is 22.6 Å². The Kier molecular flexibility index (Phi) is 3.90. The average molecular weight is 372 g/mol. The lowest BCUT2D eigenvalue weighted by molar-refractivity contribution is 0.0946. The third-order valence-corrected chi connectivity index (χ3v) is 4.79. The van der Waals surface area contributed by atoms with Crippen LogP contribution in [0, 0.1) is 5.82 Å². The maximum absolute atomic E-state index is 14.5. The van der Waals surface area contributed by atoms with Gasteiger partial charge in [-0.2, -0.15) is 5.10 Å². The van der Waals surface area contributed by atoms with E-state index in [1.54, 1.807) is 28.8 Å². The van der Waals surface area contributed by atoms with Crippen molar-refractivity contribution in [3.8, 4) is 22.5 Å². The van der Waals surface area contributed by atoms with Crippen LogP contribution in [0.5, 0.6) is 0 Å². The van der Waals surface area contributed by atoms with Gasteiger partial charge in [0.2, 0.25) is 0 Å². The topological polar surface area (TPSA) is 59.3 Å². The third kappa shape index (κ3) is 3.03. The van der Waals surface area contributed by atoms with Gasteiger partial charge >= 0.3 is 0 Å². The molecule has 1 fully saturated rings. The molecule has 2 aromatic carbocycles. The normalized spacial score (nSPS) is 13.6. The van der Waals surface area contributed by atoms with Crippen molar-refractivity contribution in [1.29, 1.82) is 0 Å². The van der Waals surface area contributed by atoms with Gasteiger partial charge in [-0.15, -0.1) is 0 Å². The van der Waals surface area contributed by atoms with Gasteiger partial charge < -0.3 is 5.32 Å². The smallest absolute Gasteiger partial charge is 0.270 e.